The Morgan fingerprint density at radius 2 is 2.57 bits per heavy atom. The number of esters is 1. The molecule has 0 radical (unpaired) electrons. The van der Waals surface area contributed by atoms with Gasteiger partial charge in [-0.1, -0.05) is 0 Å². The summed E-state index contributed by atoms with van der Waals surface area (Å²) in [5.74, 6) is -0.789. The number of halogens is 1. The zero-order valence-corrected chi connectivity index (χ0v) is 4.11. The molecule has 3 heteroatoms. The van der Waals surface area contributed by atoms with Gasteiger partial charge in [0.25, 0.3) is 0 Å². The van der Waals surface area contributed by atoms with Crippen molar-refractivity contribution in [1.29, 1.82) is 0 Å². The molecule has 0 spiro atoms. The highest BCUT2D eigenvalue weighted by atomic mass is 19.1. The minimum Gasteiger partial charge on any atom is -0.464 e. The van der Waals surface area contributed by atoms with Gasteiger partial charge in [-0.15, -0.1) is 0 Å². The molecule has 0 N–H and O–H groups in total. The molecule has 0 unspecified atom stereocenters. The Bertz CT molecular complexity index is 62.7. The maximum atomic E-state index is 11.1. The number of hydrogen-bond acceptors (Lipinski definition) is 2. The molecule has 0 saturated heterocycles. The van der Waals surface area contributed by atoms with E-state index in [0.29, 0.717) is 0 Å². The first kappa shape index (κ1) is 6.40. The molecular formula is C4H7FO2. The molecule has 0 aliphatic carbocycles. The fourth-order valence-corrected chi connectivity index (χ4v) is 0.200. The molecule has 42 valence electrons. The van der Waals surface area contributed by atoms with Crippen LogP contribution in [0.5, 0.6) is 0 Å². The Labute approximate surface area is 41.3 Å². The van der Waals surface area contributed by atoms with Crippen LogP contribution in [0.2, 0.25) is 0 Å². The molecule has 0 bridgehead atoms. The maximum Gasteiger partial charge on any atom is 0.337 e. The first-order valence-corrected chi connectivity index (χ1v) is 2.02. The van der Waals surface area contributed by atoms with Gasteiger partial charge in [-0.2, -0.15) is 0 Å². The van der Waals surface area contributed by atoms with Crippen molar-refractivity contribution >= 4 is 5.97 Å². The van der Waals surface area contributed by atoms with Crippen molar-refractivity contribution in [3.8, 4) is 0 Å². The topological polar surface area (TPSA) is 26.3 Å². The van der Waals surface area contributed by atoms with E-state index in [0.717, 1.165) is 0 Å². The van der Waals surface area contributed by atoms with E-state index in [9.17, 15) is 9.18 Å². The number of hydrogen-bond donors (Lipinski definition) is 0. The average Bonchev–Trinajstić information content (AvgIpc) is 1.68. The average molecular weight is 108 g/mol. The number of ether oxygens (including phenoxy) is 1. The molecule has 7 heavy (non-hydrogen) atoms. The van der Waals surface area contributed by atoms with Crippen LogP contribution in [0, 0.1) is 0 Å². The van der Waals surface area contributed by atoms with Gasteiger partial charge in [0.15, 0.2) is 6.67 Å². The third-order valence-electron chi connectivity index (χ3n) is 0.414. The van der Waals surface area contributed by atoms with E-state index >= 15 is 0 Å². The van der Waals surface area contributed by atoms with Gasteiger partial charge in [0.05, 0.1) is 6.61 Å². The van der Waals surface area contributed by atoms with Crippen LogP contribution >= 0.6 is 0 Å². The van der Waals surface area contributed by atoms with Gasteiger partial charge < -0.3 is 4.74 Å². The van der Waals surface area contributed by atoms with Gasteiger partial charge in [-0.25, -0.2) is 9.18 Å². The summed E-state index contributed by atoms with van der Waals surface area (Å²) in [5, 5.41) is 0. The molecule has 0 atom stereocenters. The minimum atomic E-state index is -1.02. The molecule has 0 aliphatic rings. The van der Waals surface area contributed by atoms with Gasteiger partial charge in [0.2, 0.25) is 0 Å². The molecule has 0 amide bonds. The molecule has 0 saturated carbocycles. The highest BCUT2D eigenvalue weighted by molar-refractivity contribution is 5.70. The first-order valence-electron chi connectivity index (χ1n) is 2.02. The van der Waals surface area contributed by atoms with Gasteiger partial charge >= 0.3 is 5.97 Å². The van der Waals surface area contributed by atoms with Crippen LogP contribution in [0.3, 0.4) is 0 Å². The lowest BCUT2D eigenvalue weighted by Crippen LogP contribution is -2.04. The Kier molecular flexibility index (Phi) is 3.28. The zero-order chi connectivity index (χ0) is 5.70. The molecule has 0 rings (SSSR count). The van der Waals surface area contributed by atoms with Crippen molar-refractivity contribution < 1.29 is 13.9 Å². The summed E-state index contributed by atoms with van der Waals surface area (Å²) in [6.07, 6.45) is 0. The predicted octanol–water partition coefficient (Wildman–Crippen LogP) is 0.519. The molecule has 0 aliphatic heterocycles. The SMILES string of the molecule is C[14CH2]OC(=O)CF. The maximum absolute atomic E-state index is 11.1. The monoisotopic (exact) mass is 108 g/mol. The van der Waals surface area contributed by atoms with Crippen LogP contribution in [0.1, 0.15) is 6.92 Å². The van der Waals surface area contributed by atoms with E-state index in [2.05, 4.69) is 4.74 Å². The molecule has 2 nitrogen and oxygen atoms in total. The van der Waals surface area contributed by atoms with E-state index < -0.39 is 12.6 Å². The van der Waals surface area contributed by atoms with Crippen LogP contribution in [0.25, 0.3) is 0 Å². The predicted molar refractivity (Wildman–Crippen MR) is 22.6 cm³/mol. The number of carbonyl (C=O) groups excluding carboxylic acids is 1. The second-order valence-electron chi connectivity index (χ2n) is 0.939. The largest absolute Gasteiger partial charge is 0.464 e. The van der Waals surface area contributed by atoms with Crippen LogP contribution in [-0.4, -0.2) is 19.3 Å². The fourth-order valence-electron chi connectivity index (χ4n) is 0.200. The van der Waals surface area contributed by atoms with E-state index in [-0.39, 0.29) is 6.61 Å². The number of carbonyl (C=O) groups is 1. The summed E-state index contributed by atoms with van der Waals surface area (Å²) in [6, 6.07) is 0. The minimum absolute atomic E-state index is 0.253. The molecule has 0 aromatic carbocycles. The summed E-state index contributed by atoms with van der Waals surface area (Å²) < 4.78 is 15.3. The highest BCUT2D eigenvalue weighted by Crippen LogP contribution is 1.75. The highest BCUT2D eigenvalue weighted by Gasteiger charge is 1.94. The smallest absolute Gasteiger partial charge is 0.337 e. The lowest BCUT2D eigenvalue weighted by molar-refractivity contribution is -0.144. The van der Waals surface area contributed by atoms with Gasteiger partial charge in [-0.05, 0) is 6.92 Å². The lowest BCUT2D eigenvalue weighted by atomic mass is 10.8. The van der Waals surface area contributed by atoms with Crippen molar-refractivity contribution in [2.24, 2.45) is 0 Å². The summed E-state index contributed by atoms with van der Waals surface area (Å²) in [6.45, 7) is 0.865. The second kappa shape index (κ2) is 3.59. The Hall–Kier alpha value is -0.600. The molecular weight excluding hydrogens is 101 g/mol. The lowest BCUT2D eigenvalue weighted by Gasteiger charge is -1.92. The van der Waals surface area contributed by atoms with Crippen molar-refractivity contribution in [2.75, 3.05) is 13.3 Å². The summed E-state index contributed by atoms with van der Waals surface area (Å²) in [4.78, 5) is 9.81. The molecule has 0 heterocycles. The molecule has 0 fully saturated rings. The molecule has 0 aromatic rings. The number of alkyl halides is 1. The van der Waals surface area contributed by atoms with Crippen LogP contribution in [0.15, 0.2) is 0 Å². The van der Waals surface area contributed by atoms with E-state index in [1.54, 1.807) is 6.92 Å². The summed E-state index contributed by atoms with van der Waals surface area (Å²) >= 11 is 0. The first-order chi connectivity index (χ1) is 3.31. The molecule has 0 aromatic heterocycles. The van der Waals surface area contributed by atoms with Gasteiger partial charge in [0.1, 0.15) is 0 Å². The third-order valence-corrected chi connectivity index (χ3v) is 0.414. The number of rotatable bonds is 2. The van der Waals surface area contributed by atoms with Crippen LogP contribution in [0.4, 0.5) is 4.39 Å². The Balaban J connectivity index is 3.00. The summed E-state index contributed by atoms with van der Waals surface area (Å²) in [7, 11) is 0. The van der Waals surface area contributed by atoms with E-state index in [1.807, 2.05) is 0 Å². The van der Waals surface area contributed by atoms with Crippen molar-refractivity contribution in [1.82, 2.24) is 0 Å². The van der Waals surface area contributed by atoms with Crippen LogP contribution in [-0.2, 0) is 9.53 Å². The zero-order valence-electron chi connectivity index (χ0n) is 4.11. The third kappa shape index (κ3) is 3.22. The quantitative estimate of drug-likeness (QED) is 0.482. The van der Waals surface area contributed by atoms with Crippen molar-refractivity contribution in [3.63, 3.8) is 0 Å². The Morgan fingerprint density at radius 3 is 2.71 bits per heavy atom. The second-order valence-corrected chi connectivity index (χ2v) is 0.939. The van der Waals surface area contributed by atoms with E-state index in [4.69, 9.17) is 0 Å². The normalized spacial score (nSPS) is 8.29. The van der Waals surface area contributed by atoms with Crippen molar-refractivity contribution in [3.05, 3.63) is 0 Å². The van der Waals surface area contributed by atoms with Crippen molar-refractivity contribution in [2.45, 2.75) is 6.92 Å². The van der Waals surface area contributed by atoms with Gasteiger partial charge in [0, 0.05) is 0 Å². The standard InChI is InChI=1S/C4H7FO2/c1-2-7-4(6)3-5/h2-3H2,1H3/i2+2. The van der Waals surface area contributed by atoms with E-state index in [1.165, 1.54) is 0 Å². The van der Waals surface area contributed by atoms with Gasteiger partial charge in [-0.3, -0.25) is 0 Å². The van der Waals surface area contributed by atoms with Crippen LogP contribution < -0.4 is 0 Å². The summed E-state index contributed by atoms with van der Waals surface area (Å²) in [5.41, 5.74) is 0. The Morgan fingerprint density at radius 1 is 2.00 bits per heavy atom. The fraction of sp³-hybridized carbons (Fsp3) is 0.750.